The lowest BCUT2D eigenvalue weighted by atomic mass is 10.1. The zero-order chi connectivity index (χ0) is 10.5. The molecule has 0 bridgehead atoms. The molecule has 0 radical (unpaired) electrons. The van der Waals surface area contributed by atoms with Crippen LogP contribution in [0.3, 0.4) is 0 Å². The normalized spacial score (nSPS) is 21.3. The highest BCUT2D eigenvalue weighted by Crippen LogP contribution is 2.20. The van der Waals surface area contributed by atoms with E-state index in [0.29, 0.717) is 6.61 Å². The number of hydrogen-bond donors (Lipinski definition) is 1. The van der Waals surface area contributed by atoms with E-state index < -0.39 is 0 Å². The van der Waals surface area contributed by atoms with Gasteiger partial charge < -0.3 is 9.47 Å². The molecule has 2 rings (SSSR count). The van der Waals surface area contributed by atoms with Crippen molar-refractivity contribution in [3.63, 3.8) is 0 Å². The summed E-state index contributed by atoms with van der Waals surface area (Å²) in [5, 5.41) is 3.32. The zero-order valence-corrected chi connectivity index (χ0v) is 9.03. The van der Waals surface area contributed by atoms with Crippen LogP contribution in [-0.4, -0.2) is 19.8 Å². The molecule has 1 N–H and O–H groups in total. The fourth-order valence-electron chi connectivity index (χ4n) is 1.69. The van der Waals surface area contributed by atoms with Crippen molar-refractivity contribution in [3.8, 4) is 5.75 Å². The van der Waals surface area contributed by atoms with E-state index in [2.05, 4.69) is 5.32 Å². The molecule has 1 fully saturated rings. The highest BCUT2D eigenvalue weighted by molar-refractivity contribution is 5.28. The van der Waals surface area contributed by atoms with E-state index in [1.54, 1.807) is 0 Å². The van der Waals surface area contributed by atoms with Gasteiger partial charge in [0.1, 0.15) is 12.0 Å². The lowest BCUT2D eigenvalue weighted by molar-refractivity contribution is -0.000335. The average Bonchev–Trinajstić information content (AvgIpc) is 2.32. The van der Waals surface area contributed by atoms with Crippen LogP contribution in [0.25, 0.3) is 0 Å². The summed E-state index contributed by atoms with van der Waals surface area (Å²) in [6, 6.07) is 8.07. The summed E-state index contributed by atoms with van der Waals surface area (Å²) in [4.78, 5) is 0. The SMILES string of the molecule is CCOc1ccc(C2NCCCO2)cc1. The van der Waals surface area contributed by atoms with Gasteiger partial charge in [-0.25, -0.2) is 0 Å². The largest absolute Gasteiger partial charge is 0.494 e. The first-order chi connectivity index (χ1) is 7.40. The third kappa shape index (κ3) is 2.70. The first kappa shape index (κ1) is 10.5. The van der Waals surface area contributed by atoms with E-state index in [1.807, 2.05) is 31.2 Å². The average molecular weight is 207 g/mol. The summed E-state index contributed by atoms with van der Waals surface area (Å²) in [5.74, 6) is 0.914. The molecule has 15 heavy (non-hydrogen) atoms. The van der Waals surface area contributed by atoms with E-state index in [1.165, 1.54) is 0 Å². The second kappa shape index (κ2) is 5.14. The second-order valence-corrected chi connectivity index (χ2v) is 3.56. The van der Waals surface area contributed by atoms with Crippen LogP contribution in [0.15, 0.2) is 24.3 Å². The van der Waals surface area contributed by atoms with Gasteiger partial charge in [0.15, 0.2) is 0 Å². The second-order valence-electron chi connectivity index (χ2n) is 3.56. The van der Waals surface area contributed by atoms with Crippen LogP contribution in [0.4, 0.5) is 0 Å². The predicted octanol–water partition coefficient (Wildman–Crippen LogP) is 2.09. The Morgan fingerprint density at radius 1 is 1.40 bits per heavy atom. The maximum Gasteiger partial charge on any atom is 0.134 e. The summed E-state index contributed by atoms with van der Waals surface area (Å²) in [6.45, 7) is 4.56. The maximum atomic E-state index is 5.61. The van der Waals surface area contributed by atoms with Crippen molar-refractivity contribution < 1.29 is 9.47 Å². The molecule has 0 aromatic heterocycles. The molecule has 3 heteroatoms. The Hall–Kier alpha value is -1.06. The van der Waals surface area contributed by atoms with E-state index in [9.17, 15) is 0 Å². The molecule has 0 saturated carbocycles. The van der Waals surface area contributed by atoms with Crippen molar-refractivity contribution in [2.24, 2.45) is 0 Å². The Balaban J connectivity index is 2.02. The van der Waals surface area contributed by atoms with E-state index in [0.717, 1.165) is 30.9 Å². The Kier molecular flexibility index (Phi) is 3.59. The van der Waals surface area contributed by atoms with Crippen molar-refractivity contribution in [1.29, 1.82) is 0 Å². The Bertz CT molecular complexity index is 291. The first-order valence-electron chi connectivity index (χ1n) is 5.48. The lowest BCUT2D eigenvalue weighted by Gasteiger charge is -2.24. The minimum Gasteiger partial charge on any atom is -0.494 e. The summed E-state index contributed by atoms with van der Waals surface area (Å²) in [6.07, 6.45) is 1.14. The molecular weight excluding hydrogens is 190 g/mol. The molecule has 1 atom stereocenters. The number of hydrogen-bond acceptors (Lipinski definition) is 3. The monoisotopic (exact) mass is 207 g/mol. The van der Waals surface area contributed by atoms with Gasteiger partial charge >= 0.3 is 0 Å². The van der Waals surface area contributed by atoms with Crippen LogP contribution in [0.2, 0.25) is 0 Å². The molecule has 1 saturated heterocycles. The fourth-order valence-corrected chi connectivity index (χ4v) is 1.69. The zero-order valence-electron chi connectivity index (χ0n) is 9.03. The van der Waals surface area contributed by atoms with Crippen LogP contribution >= 0.6 is 0 Å². The molecule has 3 nitrogen and oxygen atoms in total. The quantitative estimate of drug-likeness (QED) is 0.823. The number of benzene rings is 1. The third-order valence-corrected chi connectivity index (χ3v) is 2.43. The first-order valence-corrected chi connectivity index (χ1v) is 5.48. The van der Waals surface area contributed by atoms with Crippen LogP contribution in [0, 0.1) is 0 Å². The van der Waals surface area contributed by atoms with Gasteiger partial charge in [-0.2, -0.15) is 0 Å². The minimum absolute atomic E-state index is 0.0504. The molecule has 0 amide bonds. The standard InChI is InChI=1S/C12H17NO2/c1-2-14-11-6-4-10(5-7-11)12-13-8-3-9-15-12/h4-7,12-13H,2-3,8-9H2,1H3. The molecule has 1 aromatic rings. The van der Waals surface area contributed by atoms with Gasteiger partial charge in [0, 0.05) is 6.54 Å². The Morgan fingerprint density at radius 3 is 2.80 bits per heavy atom. The fraction of sp³-hybridized carbons (Fsp3) is 0.500. The van der Waals surface area contributed by atoms with Crippen LogP contribution in [-0.2, 0) is 4.74 Å². The molecule has 1 unspecified atom stereocenters. The summed E-state index contributed by atoms with van der Waals surface area (Å²) >= 11 is 0. The van der Waals surface area contributed by atoms with Gasteiger partial charge in [-0.1, -0.05) is 12.1 Å². The molecule has 1 heterocycles. The van der Waals surface area contributed by atoms with Crippen LogP contribution in [0.1, 0.15) is 25.1 Å². The molecule has 0 spiro atoms. The summed E-state index contributed by atoms with van der Waals surface area (Å²) in [5.41, 5.74) is 1.16. The summed E-state index contributed by atoms with van der Waals surface area (Å²) < 4.78 is 11.0. The van der Waals surface area contributed by atoms with Gasteiger partial charge in [-0.05, 0) is 31.0 Å². The summed E-state index contributed by atoms with van der Waals surface area (Å²) in [7, 11) is 0. The minimum atomic E-state index is 0.0504. The number of nitrogens with one attached hydrogen (secondary N) is 1. The third-order valence-electron chi connectivity index (χ3n) is 2.43. The Morgan fingerprint density at radius 2 is 2.20 bits per heavy atom. The van der Waals surface area contributed by atoms with Gasteiger partial charge in [-0.3, -0.25) is 5.32 Å². The van der Waals surface area contributed by atoms with Crippen molar-refractivity contribution in [2.45, 2.75) is 19.6 Å². The van der Waals surface area contributed by atoms with Crippen molar-refractivity contribution in [2.75, 3.05) is 19.8 Å². The van der Waals surface area contributed by atoms with Gasteiger partial charge in [0.05, 0.1) is 13.2 Å². The maximum absolute atomic E-state index is 5.61. The van der Waals surface area contributed by atoms with Gasteiger partial charge in [0.2, 0.25) is 0 Å². The molecule has 0 aliphatic carbocycles. The van der Waals surface area contributed by atoms with Crippen molar-refractivity contribution >= 4 is 0 Å². The Labute approximate surface area is 90.4 Å². The molecule has 1 aliphatic heterocycles. The van der Waals surface area contributed by atoms with E-state index >= 15 is 0 Å². The van der Waals surface area contributed by atoms with Crippen molar-refractivity contribution in [3.05, 3.63) is 29.8 Å². The molecule has 82 valence electrons. The topological polar surface area (TPSA) is 30.5 Å². The van der Waals surface area contributed by atoms with Gasteiger partial charge in [0.25, 0.3) is 0 Å². The number of ether oxygens (including phenoxy) is 2. The molecule has 1 aliphatic rings. The van der Waals surface area contributed by atoms with Crippen LogP contribution < -0.4 is 10.1 Å². The van der Waals surface area contributed by atoms with Gasteiger partial charge in [-0.15, -0.1) is 0 Å². The highest BCUT2D eigenvalue weighted by Gasteiger charge is 2.14. The van der Waals surface area contributed by atoms with Crippen LogP contribution in [0.5, 0.6) is 5.75 Å². The smallest absolute Gasteiger partial charge is 0.134 e. The van der Waals surface area contributed by atoms with Crippen molar-refractivity contribution in [1.82, 2.24) is 5.32 Å². The molecular formula is C12H17NO2. The lowest BCUT2D eigenvalue weighted by Crippen LogP contribution is -2.30. The highest BCUT2D eigenvalue weighted by atomic mass is 16.5. The van der Waals surface area contributed by atoms with E-state index in [-0.39, 0.29) is 6.23 Å². The van der Waals surface area contributed by atoms with E-state index in [4.69, 9.17) is 9.47 Å². The predicted molar refractivity (Wildman–Crippen MR) is 58.9 cm³/mol. The molecule has 1 aromatic carbocycles. The number of rotatable bonds is 3.